The van der Waals surface area contributed by atoms with Gasteiger partial charge in [0.1, 0.15) is 24.9 Å². The van der Waals surface area contributed by atoms with Gasteiger partial charge in [0.2, 0.25) is 0 Å². The first kappa shape index (κ1) is 18.2. The lowest BCUT2D eigenvalue weighted by Crippen LogP contribution is -2.37. The van der Waals surface area contributed by atoms with Crippen LogP contribution >= 0.6 is 0 Å². The third kappa shape index (κ3) is 4.74. The molecule has 0 radical (unpaired) electrons. The number of para-hydroxylation sites is 1. The van der Waals surface area contributed by atoms with E-state index in [1.807, 2.05) is 54.6 Å². The van der Waals surface area contributed by atoms with E-state index in [0.29, 0.717) is 18.9 Å². The Morgan fingerprint density at radius 2 is 1.81 bits per heavy atom. The average molecular weight is 349 g/mol. The molecule has 134 valence electrons. The van der Waals surface area contributed by atoms with Crippen molar-refractivity contribution in [2.75, 3.05) is 26.1 Å². The Morgan fingerprint density at radius 3 is 2.58 bits per heavy atom. The highest BCUT2D eigenvalue weighted by molar-refractivity contribution is 5.55. The third-order valence-electron chi connectivity index (χ3n) is 4.15. The van der Waals surface area contributed by atoms with Crippen LogP contribution in [0.4, 0.5) is 5.69 Å². The molecule has 0 fully saturated rings. The fraction of sp³-hybridized carbons (Fsp3) is 0.273. The molecule has 0 saturated heterocycles. The highest BCUT2D eigenvalue weighted by Crippen LogP contribution is 2.27. The van der Waals surface area contributed by atoms with E-state index >= 15 is 0 Å². The van der Waals surface area contributed by atoms with Crippen LogP contribution in [0.15, 0.2) is 66.7 Å². The largest absolute Gasteiger partial charge is 0.398 e. The zero-order chi connectivity index (χ0) is 18.2. The Hall–Kier alpha value is -2.58. The second kappa shape index (κ2) is 9.21. The third-order valence-corrected chi connectivity index (χ3v) is 4.15. The molecule has 0 aliphatic carbocycles. The van der Waals surface area contributed by atoms with Gasteiger partial charge in [-0.05, 0) is 17.7 Å². The second-order valence-corrected chi connectivity index (χ2v) is 6.01. The van der Waals surface area contributed by atoms with Crippen molar-refractivity contribution in [2.24, 2.45) is 0 Å². The van der Waals surface area contributed by atoms with Crippen molar-refractivity contribution in [1.82, 2.24) is 0 Å². The fourth-order valence-corrected chi connectivity index (χ4v) is 2.82. The standard InChI is InChI=1S/C22H23NO3/c1-24-16-22-21(14-13-20(26-22)18-9-3-2-4-10-18)25-15-7-11-17-8-5-6-12-19(17)23/h2-6,8-10,12-14,20-22H,15-16,23H2,1H3/t20-,21-,22+/m0/s1. The molecule has 26 heavy (non-hydrogen) atoms. The van der Waals surface area contributed by atoms with Gasteiger partial charge in [0.05, 0.1) is 6.61 Å². The summed E-state index contributed by atoms with van der Waals surface area (Å²) in [5.41, 5.74) is 8.48. The maximum atomic E-state index is 6.15. The number of methoxy groups -OCH3 is 1. The molecule has 0 unspecified atom stereocenters. The van der Waals surface area contributed by atoms with E-state index in [-0.39, 0.29) is 18.3 Å². The maximum absolute atomic E-state index is 6.15. The lowest BCUT2D eigenvalue weighted by molar-refractivity contribution is -0.103. The zero-order valence-electron chi connectivity index (χ0n) is 14.8. The molecule has 0 saturated carbocycles. The predicted octanol–water partition coefficient (Wildman–Crippen LogP) is 3.35. The quantitative estimate of drug-likeness (QED) is 0.511. The van der Waals surface area contributed by atoms with Gasteiger partial charge < -0.3 is 19.9 Å². The molecule has 2 aromatic rings. The smallest absolute Gasteiger partial charge is 0.112 e. The van der Waals surface area contributed by atoms with Crippen molar-refractivity contribution in [3.63, 3.8) is 0 Å². The van der Waals surface area contributed by atoms with Crippen LogP contribution in [0.1, 0.15) is 17.2 Å². The molecule has 1 aliphatic rings. The van der Waals surface area contributed by atoms with Crippen molar-refractivity contribution >= 4 is 5.69 Å². The highest BCUT2D eigenvalue weighted by atomic mass is 16.6. The summed E-state index contributed by atoms with van der Waals surface area (Å²) in [6.07, 6.45) is 3.58. The molecule has 0 aromatic heterocycles. The number of ether oxygens (including phenoxy) is 3. The van der Waals surface area contributed by atoms with E-state index in [0.717, 1.165) is 11.1 Å². The van der Waals surface area contributed by atoms with Crippen molar-refractivity contribution < 1.29 is 14.2 Å². The van der Waals surface area contributed by atoms with E-state index in [4.69, 9.17) is 19.9 Å². The van der Waals surface area contributed by atoms with Gasteiger partial charge in [0.15, 0.2) is 0 Å². The molecule has 2 N–H and O–H groups in total. The lowest BCUT2D eigenvalue weighted by Gasteiger charge is -2.31. The number of hydrogen-bond donors (Lipinski definition) is 1. The van der Waals surface area contributed by atoms with Crippen LogP contribution in [0.3, 0.4) is 0 Å². The minimum Gasteiger partial charge on any atom is -0.398 e. The van der Waals surface area contributed by atoms with Gasteiger partial charge >= 0.3 is 0 Å². The molecular formula is C22H23NO3. The van der Waals surface area contributed by atoms with E-state index in [1.165, 1.54) is 0 Å². The second-order valence-electron chi connectivity index (χ2n) is 6.01. The molecule has 0 bridgehead atoms. The average Bonchev–Trinajstić information content (AvgIpc) is 2.68. The van der Waals surface area contributed by atoms with Crippen molar-refractivity contribution in [2.45, 2.75) is 18.3 Å². The summed E-state index contributed by atoms with van der Waals surface area (Å²) in [4.78, 5) is 0. The summed E-state index contributed by atoms with van der Waals surface area (Å²) in [5.74, 6) is 6.05. The lowest BCUT2D eigenvalue weighted by atomic mass is 10.0. The first-order valence-corrected chi connectivity index (χ1v) is 8.60. The molecule has 3 atom stereocenters. The Bertz CT molecular complexity index is 792. The van der Waals surface area contributed by atoms with Gasteiger partial charge in [-0.15, -0.1) is 0 Å². The monoisotopic (exact) mass is 349 g/mol. The first-order valence-electron chi connectivity index (χ1n) is 8.60. The van der Waals surface area contributed by atoms with Crippen molar-refractivity contribution in [1.29, 1.82) is 0 Å². The minimum atomic E-state index is -0.197. The number of rotatable bonds is 5. The normalized spacial score (nSPS) is 21.8. The summed E-state index contributed by atoms with van der Waals surface area (Å²) in [6.45, 7) is 0.750. The number of anilines is 1. The van der Waals surface area contributed by atoms with Gasteiger partial charge in [-0.3, -0.25) is 0 Å². The van der Waals surface area contributed by atoms with E-state index < -0.39 is 0 Å². The molecular weight excluding hydrogens is 326 g/mol. The molecule has 2 aromatic carbocycles. The number of hydrogen-bond acceptors (Lipinski definition) is 4. The molecule has 1 heterocycles. The number of nitrogens with two attached hydrogens (primary N) is 1. The van der Waals surface area contributed by atoms with Crippen LogP contribution in [0, 0.1) is 11.8 Å². The zero-order valence-corrected chi connectivity index (χ0v) is 14.8. The summed E-state index contributed by atoms with van der Waals surface area (Å²) < 4.78 is 17.3. The predicted molar refractivity (Wildman–Crippen MR) is 103 cm³/mol. The van der Waals surface area contributed by atoms with E-state index in [1.54, 1.807) is 7.11 Å². The summed E-state index contributed by atoms with van der Waals surface area (Å²) in [6, 6.07) is 17.6. The van der Waals surface area contributed by atoms with E-state index in [9.17, 15) is 0 Å². The first-order chi connectivity index (χ1) is 12.8. The summed E-state index contributed by atoms with van der Waals surface area (Å²) >= 11 is 0. The molecule has 0 amide bonds. The number of benzene rings is 2. The van der Waals surface area contributed by atoms with Gasteiger partial charge in [-0.1, -0.05) is 66.5 Å². The van der Waals surface area contributed by atoms with Crippen LogP contribution in [0.5, 0.6) is 0 Å². The molecule has 0 spiro atoms. The molecule has 1 aliphatic heterocycles. The number of nitrogen functional groups attached to an aromatic ring is 1. The van der Waals surface area contributed by atoms with Gasteiger partial charge in [-0.25, -0.2) is 0 Å². The summed E-state index contributed by atoms with van der Waals surface area (Å²) in [5, 5.41) is 0. The Labute approximate surface area is 154 Å². The van der Waals surface area contributed by atoms with Crippen molar-refractivity contribution in [3.05, 3.63) is 77.9 Å². The SMILES string of the molecule is COC[C@H]1O[C@H](c2ccccc2)C=C[C@@H]1OCC#Cc1ccccc1N. The minimum absolute atomic E-state index is 0.0913. The van der Waals surface area contributed by atoms with Gasteiger partial charge in [0, 0.05) is 18.4 Å². The van der Waals surface area contributed by atoms with Crippen LogP contribution in [-0.4, -0.2) is 32.5 Å². The van der Waals surface area contributed by atoms with Crippen LogP contribution < -0.4 is 5.73 Å². The van der Waals surface area contributed by atoms with Crippen LogP contribution in [0.2, 0.25) is 0 Å². The van der Waals surface area contributed by atoms with Gasteiger partial charge in [-0.2, -0.15) is 0 Å². The summed E-state index contributed by atoms with van der Waals surface area (Å²) in [7, 11) is 1.66. The topological polar surface area (TPSA) is 53.7 Å². The Morgan fingerprint density at radius 1 is 1.04 bits per heavy atom. The Balaban J connectivity index is 1.62. The van der Waals surface area contributed by atoms with E-state index in [2.05, 4.69) is 24.0 Å². The van der Waals surface area contributed by atoms with Crippen LogP contribution in [0.25, 0.3) is 0 Å². The Kier molecular flexibility index (Phi) is 6.45. The maximum Gasteiger partial charge on any atom is 0.112 e. The molecule has 4 heteroatoms. The highest BCUT2D eigenvalue weighted by Gasteiger charge is 2.28. The van der Waals surface area contributed by atoms with Crippen LogP contribution in [-0.2, 0) is 14.2 Å². The molecule has 4 nitrogen and oxygen atoms in total. The van der Waals surface area contributed by atoms with Gasteiger partial charge in [0.25, 0.3) is 0 Å². The van der Waals surface area contributed by atoms with Crippen molar-refractivity contribution in [3.8, 4) is 11.8 Å². The molecule has 3 rings (SSSR count). The fourth-order valence-electron chi connectivity index (χ4n) is 2.82.